The molecule has 5 nitrogen and oxygen atoms in total. The molecule has 1 aliphatic carbocycles. The molecule has 0 aromatic heterocycles. The Hall–Kier alpha value is -1.40. The van der Waals surface area contributed by atoms with Gasteiger partial charge in [-0.3, -0.25) is 4.79 Å². The lowest BCUT2D eigenvalue weighted by molar-refractivity contribution is -0.123. The van der Waals surface area contributed by atoms with E-state index in [-0.39, 0.29) is 22.8 Å². The van der Waals surface area contributed by atoms with Crippen LogP contribution in [0.3, 0.4) is 0 Å². The second-order valence-corrected chi connectivity index (χ2v) is 6.99. The predicted molar refractivity (Wildman–Crippen MR) is 74.9 cm³/mol. The molecule has 1 aliphatic rings. The predicted octanol–water partition coefficient (Wildman–Crippen LogP) is 1.13. The first-order valence-corrected chi connectivity index (χ1v) is 8.49. The lowest BCUT2D eigenvalue weighted by Gasteiger charge is -2.06. The molecule has 6 heteroatoms. The Kier molecular flexibility index (Phi) is 4.45. The summed E-state index contributed by atoms with van der Waals surface area (Å²) >= 11 is 0. The van der Waals surface area contributed by atoms with Crippen LogP contribution in [0, 0.1) is 5.92 Å². The van der Waals surface area contributed by atoms with Crippen LogP contribution in [-0.4, -0.2) is 33.3 Å². The first-order valence-electron chi connectivity index (χ1n) is 6.60. The first kappa shape index (κ1) is 15.0. The average molecular weight is 297 g/mol. The Morgan fingerprint density at radius 1 is 1.35 bits per heavy atom. The maximum Gasteiger partial charge on any atom is 0.226 e. The van der Waals surface area contributed by atoms with E-state index >= 15 is 0 Å². The largest absolute Gasteiger partial charge is 0.378 e. The van der Waals surface area contributed by atoms with Crippen molar-refractivity contribution in [1.29, 1.82) is 0 Å². The van der Waals surface area contributed by atoms with Crippen LogP contribution in [0.15, 0.2) is 29.2 Å². The van der Waals surface area contributed by atoms with Gasteiger partial charge in [0.2, 0.25) is 5.91 Å². The quantitative estimate of drug-likeness (QED) is 0.854. The molecule has 1 aromatic rings. The molecule has 2 rings (SSSR count). The zero-order chi connectivity index (χ0) is 14.8. The molecule has 2 atom stereocenters. The summed E-state index contributed by atoms with van der Waals surface area (Å²) in [4.78, 5) is 12.1. The number of benzene rings is 1. The molecule has 1 saturated carbocycles. The molecule has 20 heavy (non-hydrogen) atoms. The Labute approximate surface area is 119 Å². The SMILES string of the molecule is CCOC1CC1C(=O)NCc1ccc(S(C)(=O)=O)cc1. The van der Waals surface area contributed by atoms with E-state index in [2.05, 4.69) is 5.32 Å². The lowest BCUT2D eigenvalue weighted by Crippen LogP contribution is -2.26. The second-order valence-electron chi connectivity index (χ2n) is 4.97. The van der Waals surface area contributed by atoms with Gasteiger partial charge in [-0.1, -0.05) is 12.1 Å². The highest BCUT2D eigenvalue weighted by molar-refractivity contribution is 7.90. The number of amides is 1. The van der Waals surface area contributed by atoms with Crippen LogP contribution >= 0.6 is 0 Å². The molecule has 0 saturated heterocycles. The summed E-state index contributed by atoms with van der Waals surface area (Å²) in [6.45, 7) is 2.94. The van der Waals surface area contributed by atoms with E-state index < -0.39 is 9.84 Å². The van der Waals surface area contributed by atoms with Crippen molar-refractivity contribution in [1.82, 2.24) is 5.32 Å². The highest BCUT2D eigenvalue weighted by Gasteiger charge is 2.43. The number of hydrogen-bond donors (Lipinski definition) is 1. The highest BCUT2D eigenvalue weighted by Crippen LogP contribution is 2.33. The minimum absolute atomic E-state index is 0.00404. The standard InChI is InChI=1S/C14H19NO4S/c1-3-19-13-8-12(13)14(16)15-9-10-4-6-11(7-5-10)20(2,17)18/h4-7,12-13H,3,8-9H2,1-2H3,(H,15,16). The van der Waals surface area contributed by atoms with Crippen molar-refractivity contribution in [2.24, 2.45) is 5.92 Å². The Balaban J connectivity index is 1.84. The fraction of sp³-hybridized carbons (Fsp3) is 0.500. The maximum absolute atomic E-state index is 11.8. The summed E-state index contributed by atoms with van der Waals surface area (Å²) in [5.41, 5.74) is 0.874. The molecule has 1 fully saturated rings. The molecule has 1 amide bonds. The Morgan fingerprint density at radius 3 is 2.55 bits per heavy atom. The number of hydrogen-bond acceptors (Lipinski definition) is 4. The van der Waals surface area contributed by atoms with Crippen LogP contribution in [0.25, 0.3) is 0 Å². The van der Waals surface area contributed by atoms with Crippen LogP contribution < -0.4 is 5.32 Å². The van der Waals surface area contributed by atoms with Gasteiger partial charge in [-0.2, -0.15) is 0 Å². The topological polar surface area (TPSA) is 72.5 Å². The minimum Gasteiger partial charge on any atom is -0.378 e. The number of sulfone groups is 1. The van der Waals surface area contributed by atoms with E-state index in [9.17, 15) is 13.2 Å². The van der Waals surface area contributed by atoms with Crippen molar-refractivity contribution >= 4 is 15.7 Å². The van der Waals surface area contributed by atoms with Gasteiger partial charge in [-0.15, -0.1) is 0 Å². The normalized spacial score (nSPS) is 21.5. The molecule has 1 N–H and O–H groups in total. The van der Waals surface area contributed by atoms with Gasteiger partial charge in [-0.25, -0.2) is 8.42 Å². The molecule has 0 spiro atoms. The van der Waals surface area contributed by atoms with Crippen molar-refractivity contribution in [3.63, 3.8) is 0 Å². The van der Waals surface area contributed by atoms with E-state index in [1.54, 1.807) is 24.3 Å². The Morgan fingerprint density at radius 2 is 2.00 bits per heavy atom. The number of ether oxygens (including phenoxy) is 1. The molecule has 110 valence electrons. The molecule has 1 aromatic carbocycles. The summed E-state index contributed by atoms with van der Waals surface area (Å²) < 4.78 is 28.0. The van der Waals surface area contributed by atoms with Crippen molar-refractivity contribution < 1.29 is 17.9 Å². The number of carbonyl (C=O) groups excluding carboxylic acids is 1. The van der Waals surface area contributed by atoms with Crippen LogP contribution in [0.1, 0.15) is 18.9 Å². The van der Waals surface area contributed by atoms with Gasteiger partial charge in [0.05, 0.1) is 16.9 Å². The molecular formula is C14H19NO4S. The molecular weight excluding hydrogens is 278 g/mol. The van der Waals surface area contributed by atoms with E-state index in [4.69, 9.17) is 4.74 Å². The van der Waals surface area contributed by atoms with Crippen molar-refractivity contribution in [2.75, 3.05) is 12.9 Å². The number of carbonyl (C=O) groups is 1. The van der Waals surface area contributed by atoms with Crippen molar-refractivity contribution in [3.05, 3.63) is 29.8 Å². The van der Waals surface area contributed by atoms with Crippen molar-refractivity contribution in [3.8, 4) is 0 Å². The third kappa shape index (κ3) is 3.80. The fourth-order valence-corrected chi connectivity index (χ4v) is 2.65. The van der Waals surface area contributed by atoms with Gasteiger partial charge < -0.3 is 10.1 Å². The van der Waals surface area contributed by atoms with Gasteiger partial charge in [-0.05, 0) is 31.0 Å². The van der Waals surface area contributed by atoms with Gasteiger partial charge in [0.25, 0.3) is 0 Å². The number of rotatable bonds is 6. The summed E-state index contributed by atoms with van der Waals surface area (Å²) in [5.74, 6) is -0.0408. The average Bonchev–Trinajstić information content (AvgIpc) is 3.15. The molecule has 2 unspecified atom stereocenters. The van der Waals surface area contributed by atoms with Gasteiger partial charge in [0.15, 0.2) is 9.84 Å². The molecule has 0 bridgehead atoms. The third-order valence-electron chi connectivity index (χ3n) is 3.27. The smallest absolute Gasteiger partial charge is 0.226 e. The van der Waals surface area contributed by atoms with E-state index in [1.165, 1.54) is 6.26 Å². The van der Waals surface area contributed by atoms with Gasteiger partial charge >= 0.3 is 0 Å². The van der Waals surface area contributed by atoms with E-state index in [1.807, 2.05) is 6.92 Å². The monoisotopic (exact) mass is 297 g/mol. The Bertz CT molecular complexity index is 580. The third-order valence-corrected chi connectivity index (χ3v) is 4.40. The van der Waals surface area contributed by atoms with E-state index in [0.29, 0.717) is 13.2 Å². The molecule has 0 heterocycles. The molecule has 0 radical (unpaired) electrons. The maximum atomic E-state index is 11.8. The molecule has 0 aliphatic heterocycles. The van der Waals surface area contributed by atoms with Crippen LogP contribution in [0.5, 0.6) is 0 Å². The fourth-order valence-electron chi connectivity index (χ4n) is 2.02. The summed E-state index contributed by atoms with van der Waals surface area (Å²) in [5, 5.41) is 2.84. The van der Waals surface area contributed by atoms with Crippen LogP contribution in [0.2, 0.25) is 0 Å². The number of nitrogens with one attached hydrogen (secondary N) is 1. The summed E-state index contributed by atoms with van der Waals surface area (Å²) in [7, 11) is -3.17. The zero-order valence-corrected chi connectivity index (χ0v) is 12.4. The van der Waals surface area contributed by atoms with Crippen LogP contribution in [0.4, 0.5) is 0 Å². The van der Waals surface area contributed by atoms with E-state index in [0.717, 1.165) is 12.0 Å². The summed E-state index contributed by atoms with van der Waals surface area (Å²) in [6, 6.07) is 6.53. The van der Waals surface area contributed by atoms with Crippen LogP contribution in [-0.2, 0) is 25.9 Å². The summed E-state index contributed by atoms with van der Waals surface area (Å²) in [6.07, 6.45) is 2.02. The van der Waals surface area contributed by atoms with Gasteiger partial charge in [0, 0.05) is 19.4 Å². The highest BCUT2D eigenvalue weighted by atomic mass is 32.2. The van der Waals surface area contributed by atoms with Gasteiger partial charge in [0.1, 0.15) is 0 Å². The van der Waals surface area contributed by atoms with Crippen molar-refractivity contribution in [2.45, 2.75) is 30.9 Å². The zero-order valence-electron chi connectivity index (χ0n) is 11.6. The minimum atomic E-state index is -3.17. The second kappa shape index (κ2) is 5.93. The lowest BCUT2D eigenvalue weighted by atomic mass is 10.2. The first-order chi connectivity index (χ1) is 9.41.